The topological polar surface area (TPSA) is 46.4 Å². The van der Waals surface area contributed by atoms with E-state index in [1.54, 1.807) is 30.5 Å². The van der Waals surface area contributed by atoms with Crippen LogP contribution in [0.5, 0.6) is 0 Å². The van der Waals surface area contributed by atoms with Crippen molar-refractivity contribution in [3.8, 4) is 5.69 Å². The molecule has 7 heteroatoms. The molecular formula is C21H18Cl3N3O. The largest absolute Gasteiger partial charge is 0.316 e. The molecule has 0 aliphatic carbocycles. The molecule has 2 aromatic carbocycles. The number of hydrogen-bond donors (Lipinski definition) is 1. The average Bonchev–Trinajstić information content (AvgIpc) is 2.91. The lowest BCUT2D eigenvalue weighted by atomic mass is 10.1. The molecule has 0 aliphatic rings. The molecule has 1 N–H and O–H groups in total. The van der Waals surface area contributed by atoms with Crippen molar-refractivity contribution in [3.63, 3.8) is 0 Å². The Kier molecular flexibility index (Phi) is 6.45. The average molecular weight is 435 g/mol. The zero-order valence-corrected chi connectivity index (χ0v) is 17.6. The Morgan fingerprint density at radius 2 is 1.71 bits per heavy atom. The number of aromatic nitrogens is 1. The van der Waals surface area contributed by atoms with Gasteiger partial charge in [0.2, 0.25) is 5.91 Å². The first kappa shape index (κ1) is 20.5. The molecule has 0 atom stereocenters. The Labute approximate surface area is 178 Å². The zero-order chi connectivity index (χ0) is 20.3. The second kappa shape index (κ2) is 8.82. The lowest BCUT2D eigenvalue weighted by molar-refractivity contribution is -0.120. The van der Waals surface area contributed by atoms with Gasteiger partial charge in [-0.3, -0.25) is 4.79 Å². The van der Waals surface area contributed by atoms with Crippen LogP contribution in [0.15, 0.2) is 53.6 Å². The van der Waals surface area contributed by atoms with Crippen LogP contribution in [0.2, 0.25) is 15.1 Å². The first-order valence-corrected chi connectivity index (χ1v) is 9.69. The number of benzene rings is 2. The molecule has 3 aromatic rings. The maximum Gasteiger partial charge on any atom is 0.244 e. The number of nitrogens with one attached hydrogen (secondary N) is 1. The minimum Gasteiger partial charge on any atom is -0.316 e. The summed E-state index contributed by atoms with van der Waals surface area (Å²) in [7, 11) is 0. The van der Waals surface area contributed by atoms with Crippen LogP contribution < -0.4 is 5.43 Å². The Bertz CT molecular complexity index is 1040. The summed E-state index contributed by atoms with van der Waals surface area (Å²) in [5, 5.41) is 5.87. The molecular weight excluding hydrogens is 417 g/mol. The number of rotatable bonds is 5. The summed E-state index contributed by atoms with van der Waals surface area (Å²) < 4.78 is 2.02. The highest BCUT2D eigenvalue weighted by Crippen LogP contribution is 2.28. The van der Waals surface area contributed by atoms with E-state index in [1.807, 2.05) is 42.7 Å². The summed E-state index contributed by atoms with van der Waals surface area (Å²) >= 11 is 18.2. The summed E-state index contributed by atoms with van der Waals surface area (Å²) in [6.07, 6.45) is 1.86. The lowest BCUT2D eigenvalue weighted by Gasteiger charge is -2.11. The third kappa shape index (κ3) is 4.76. The van der Waals surface area contributed by atoms with E-state index in [2.05, 4.69) is 10.5 Å². The molecule has 1 heterocycles. The van der Waals surface area contributed by atoms with Crippen molar-refractivity contribution in [2.24, 2.45) is 5.10 Å². The highest BCUT2D eigenvalue weighted by atomic mass is 35.5. The zero-order valence-electron chi connectivity index (χ0n) is 15.3. The molecule has 0 saturated heterocycles. The van der Waals surface area contributed by atoms with Crippen LogP contribution in [0.4, 0.5) is 0 Å². The minimum absolute atomic E-state index is 0.201. The molecule has 1 aromatic heterocycles. The van der Waals surface area contributed by atoms with Gasteiger partial charge in [0.1, 0.15) is 0 Å². The smallest absolute Gasteiger partial charge is 0.244 e. The molecule has 3 rings (SSSR count). The van der Waals surface area contributed by atoms with Crippen LogP contribution in [0.25, 0.3) is 5.69 Å². The molecule has 0 spiro atoms. The van der Waals surface area contributed by atoms with Gasteiger partial charge in [-0.25, -0.2) is 5.43 Å². The molecule has 144 valence electrons. The minimum atomic E-state index is -0.201. The SMILES string of the molecule is Cc1cc(/C=N\NC(=O)Cc2ccc(Cl)cc2)c(C)n1-c1ccc(Cl)cc1Cl. The number of halogens is 3. The molecule has 4 nitrogen and oxygen atoms in total. The fourth-order valence-corrected chi connectivity index (χ4v) is 3.57. The summed E-state index contributed by atoms with van der Waals surface area (Å²) in [5.41, 5.74) is 7.10. The van der Waals surface area contributed by atoms with E-state index in [4.69, 9.17) is 34.8 Å². The van der Waals surface area contributed by atoms with Crippen molar-refractivity contribution in [3.05, 3.63) is 86.1 Å². The van der Waals surface area contributed by atoms with E-state index >= 15 is 0 Å². The van der Waals surface area contributed by atoms with Crippen molar-refractivity contribution in [2.75, 3.05) is 0 Å². The van der Waals surface area contributed by atoms with Gasteiger partial charge in [0.25, 0.3) is 0 Å². The van der Waals surface area contributed by atoms with Crippen LogP contribution in [-0.4, -0.2) is 16.7 Å². The van der Waals surface area contributed by atoms with Crippen LogP contribution in [0.3, 0.4) is 0 Å². The first-order valence-electron chi connectivity index (χ1n) is 8.56. The van der Waals surface area contributed by atoms with Crippen molar-refractivity contribution >= 4 is 46.9 Å². The number of amides is 1. The fourth-order valence-electron chi connectivity index (χ4n) is 2.95. The van der Waals surface area contributed by atoms with Crippen molar-refractivity contribution in [2.45, 2.75) is 20.3 Å². The van der Waals surface area contributed by atoms with Gasteiger partial charge >= 0.3 is 0 Å². The number of carbonyl (C=O) groups excluding carboxylic acids is 1. The van der Waals surface area contributed by atoms with Crippen LogP contribution in [-0.2, 0) is 11.2 Å². The van der Waals surface area contributed by atoms with E-state index in [0.29, 0.717) is 15.1 Å². The van der Waals surface area contributed by atoms with E-state index in [0.717, 1.165) is 28.2 Å². The molecule has 0 radical (unpaired) electrons. The van der Waals surface area contributed by atoms with E-state index in [9.17, 15) is 4.79 Å². The predicted molar refractivity (Wildman–Crippen MR) is 116 cm³/mol. The van der Waals surface area contributed by atoms with E-state index in [1.165, 1.54) is 0 Å². The number of aryl methyl sites for hydroxylation is 1. The maximum atomic E-state index is 12.0. The van der Waals surface area contributed by atoms with Gasteiger partial charge in [0.15, 0.2) is 0 Å². The van der Waals surface area contributed by atoms with Crippen molar-refractivity contribution < 1.29 is 4.79 Å². The Morgan fingerprint density at radius 1 is 1.04 bits per heavy atom. The third-order valence-electron chi connectivity index (χ3n) is 4.29. The van der Waals surface area contributed by atoms with Gasteiger partial charge < -0.3 is 4.57 Å². The molecule has 0 saturated carbocycles. The summed E-state index contributed by atoms with van der Waals surface area (Å²) in [5.74, 6) is -0.201. The highest BCUT2D eigenvalue weighted by molar-refractivity contribution is 6.35. The molecule has 0 aliphatic heterocycles. The van der Waals surface area contributed by atoms with E-state index in [-0.39, 0.29) is 12.3 Å². The van der Waals surface area contributed by atoms with Gasteiger partial charge in [0.05, 0.1) is 23.3 Å². The predicted octanol–water partition coefficient (Wildman–Crippen LogP) is 5.75. The number of nitrogens with zero attached hydrogens (tertiary/aromatic N) is 2. The standard InChI is InChI=1S/C21H18Cl3N3O/c1-13-9-16(14(2)27(13)20-8-7-18(23)11-19(20)24)12-25-26-21(28)10-15-3-5-17(22)6-4-15/h3-9,11-12H,10H2,1-2H3,(H,26,28)/b25-12-. The second-order valence-corrected chi connectivity index (χ2v) is 7.63. The highest BCUT2D eigenvalue weighted by Gasteiger charge is 2.12. The summed E-state index contributed by atoms with van der Waals surface area (Å²) in [4.78, 5) is 12.0. The molecule has 0 fully saturated rings. The molecule has 28 heavy (non-hydrogen) atoms. The van der Waals surface area contributed by atoms with Crippen molar-refractivity contribution in [1.29, 1.82) is 0 Å². The van der Waals surface area contributed by atoms with Gasteiger partial charge in [-0.1, -0.05) is 46.9 Å². The lowest BCUT2D eigenvalue weighted by Crippen LogP contribution is -2.19. The molecule has 0 bridgehead atoms. The summed E-state index contributed by atoms with van der Waals surface area (Å²) in [6, 6.07) is 14.5. The third-order valence-corrected chi connectivity index (χ3v) is 5.08. The van der Waals surface area contributed by atoms with Crippen LogP contribution in [0.1, 0.15) is 22.5 Å². The van der Waals surface area contributed by atoms with Gasteiger partial charge in [-0.05, 0) is 55.8 Å². The molecule has 1 amide bonds. The number of carbonyl (C=O) groups is 1. The summed E-state index contributed by atoms with van der Waals surface area (Å²) in [6.45, 7) is 3.95. The van der Waals surface area contributed by atoms with Gasteiger partial charge in [0, 0.05) is 27.0 Å². The molecule has 0 unspecified atom stereocenters. The fraction of sp³-hybridized carbons (Fsp3) is 0.143. The Hall–Kier alpha value is -2.27. The van der Waals surface area contributed by atoms with Gasteiger partial charge in [-0.15, -0.1) is 0 Å². The Morgan fingerprint density at radius 3 is 2.39 bits per heavy atom. The van der Waals surface area contributed by atoms with E-state index < -0.39 is 0 Å². The normalized spacial score (nSPS) is 11.2. The number of hydrogen-bond acceptors (Lipinski definition) is 2. The van der Waals surface area contributed by atoms with Gasteiger partial charge in [-0.2, -0.15) is 5.10 Å². The Balaban J connectivity index is 1.72. The first-order chi connectivity index (χ1) is 13.3. The second-order valence-electron chi connectivity index (χ2n) is 6.35. The maximum absolute atomic E-state index is 12.0. The van der Waals surface area contributed by atoms with Crippen LogP contribution >= 0.6 is 34.8 Å². The van der Waals surface area contributed by atoms with Crippen molar-refractivity contribution in [1.82, 2.24) is 9.99 Å². The van der Waals surface area contributed by atoms with Crippen LogP contribution in [0, 0.1) is 13.8 Å². The monoisotopic (exact) mass is 433 g/mol. The quantitative estimate of drug-likeness (QED) is 0.403. The number of hydrazone groups is 1.